The largest absolute Gasteiger partial charge is 0.367 e. The van der Waals surface area contributed by atoms with Crippen molar-refractivity contribution in [2.24, 2.45) is 15.9 Å². The number of urea groups is 1. The van der Waals surface area contributed by atoms with Crippen molar-refractivity contribution in [2.45, 2.75) is 25.0 Å². The van der Waals surface area contributed by atoms with E-state index in [1.165, 1.54) is 17.8 Å². The molecule has 1 aliphatic carbocycles. The lowest BCUT2D eigenvalue weighted by Crippen LogP contribution is -2.22. The highest BCUT2D eigenvalue weighted by Crippen LogP contribution is 2.32. The second kappa shape index (κ2) is 5.44. The summed E-state index contributed by atoms with van der Waals surface area (Å²) in [5.74, 6) is -1.10. The van der Waals surface area contributed by atoms with Crippen LogP contribution in [0, 0.1) is 17.6 Å². The quantitative estimate of drug-likeness (QED) is 0.828. The molecule has 6 heteroatoms. The highest BCUT2D eigenvalue weighted by molar-refractivity contribution is 8.13. The molecule has 1 atom stereocenters. The SMILES string of the molecule is O=C1N=C2CCCC2C(SCc2ccc(F)c(F)c2)=N1. The van der Waals surface area contributed by atoms with Gasteiger partial charge in [-0.3, -0.25) is 0 Å². The van der Waals surface area contributed by atoms with Crippen molar-refractivity contribution >= 4 is 28.5 Å². The highest BCUT2D eigenvalue weighted by Gasteiger charge is 2.31. The van der Waals surface area contributed by atoms with Gasteiger partial charge in [0.25, 0.3) is 0 Å². The molecule has 1 aromatic rings. The molecule has 0 spiro atoms. The number of carbonyl (C=O) groups is 1. The maximum atomic E-state index is 13.1. The van der Waals surface area contributed by atoms with Crippen molar-refractivity contribution in [1.82, 2.24) is 0 Å². The fourth-order valence-electron chi connectivity index (χ4n) is 2.47. The predicted molar refractivity (Wildman–Crippen MR) is 75.3 cm³/mol. The number of hydrogen-bond acceptors (Lipinski definition) is 2. The zero-order valence-electron chi connectivity index (χ0n) is 10.6. The average Bonchev–Trinajstić information content (AvgIpc) is 2.88. The number of fused-ring (bicyclic) bond motifs is 1. The van der Waals surface area contributed by atoms with Crippen molar-refractivity contribution in [3.8, 4) is 0 Å². The first-order chi connectivity index (χ1) is 9.63. The number of nitrogens with zero attached hydrogens (tertiary/aromatic N) is 2. The van der Waals surface area contributed by atoms with Crippen LogP contribution in [-0.2, 0) is 5.75 Å². The Morgan fingerprint density at radius 3 is 2.90 bits per heavy atom. The Morgan fingerprint density at radius 2 is 2.10 bits per heavy atom. The van der Waals surface area contributed by atoms with E-state index in [9.17, 15) is 13.6 Å². The van der Waals surface area contributed by atoms with E-state index in [0.717, 1.165) is 36.1 Å². The number of halogens is 2. The zero-order valence-corrected chi connectivity index (χ0v) is 11.4. The fraction of sp³-hybridized carbons (Fsp3) is 0.357. The van der Waals surface area contributed by atoms with Crippen molar-refractivity contribution in [3.63, 3.8) is 0 Å². The average molecular weight is 294 g/mol. The third-order valence-corrected chi connectivity index (χ3v) is 4.59. The van der Waals surface area contributed by atoms with Crippen LogP contribution in [0.5, 0.6) is 0 Å². The lowest BCUT2D eigenvalue weighted by Gasteiger charge is -2.16. The summed E-state index contributed by atoms with van der Waals surface area (Å²) in [4.78, 5) is 19.3. The predicted octanol–water partition coefficient (Wildman–Crippen LogP) is 3.97. The van der Waals surface area contributed by atoms with Crippen LogP contribution in [0.1, 0.15) is 24.8 Å². The van der Waals surface area contributed by atoms with Crippen molar-refractivity contribution in [3.05, 3.63) is 35.4 Å². The number of carbonyl (C=O) groups excluding carboxylic acids is 1. The number of aliphatic imine (C=N–C) groups is 2. The Balaban J connectivity index is 1.71. The van der Waals surface area contributed by atoms with Crippen molar-refractivity contribution in [2.75, 3.05) is 0 Å². The van der Waals surface area contributed by atoms with Gasteiger partial charge in [-0.25, -0.2) is 18.6 Å². The van der Waals surface area contributed by atoms with Crippen molar-refractivity contribution in [1.29, 1.82) is 0 Å². The van der Waals surface area contributed by atoms with Crippen LogP contribution in [0.2, 0.25) is 0 Å². The summed E-state index contributed by atoms with van der Waals surface area (Å²) in [5.41, 5.74) is 1.59. The van der Waals surface area contributed by atoms with Gasteiger partial charge in [0.15, 0.2) is 11.6 Å². The molecule has 0 aromatic heterocycles. The molecule has 2 aliphatic rings. The topological polar surface area (TPSA) is 41.8 Å². The third-order valence-electron chi connectivity index (χ3n) is 3.44. The molecule has 0 saturated heterocycles. The van der Waals surface area contributed by atoms with Gasteiger partial charge in [-0.1, -0.05) is 6.07 Å². The van der Waals surface area contributed by atoms with Crippen LogP contribution in [0.15, 0.2) is 28.2 Å². The molecular formula is C14H12F2N2OS. The van der Waals surface area contributed by atoms with Gasteiger partial charge in [-0.15, -0.1) is 11.8 Å². The number of benzene rings is 1. The summed E-state index contributed by atoms with van der Waals surface area (Å²) in [6, 6.07) is 3.38. The van der Waals surface area contributed by atoms with Gasteiger partial charge in [-0.2, -0.15) is 4.99 Å². The second-order valence-corrected chi connectivity index (χ2v) is 5.81. The molecule has 104 valence electrons. The first-order valence-corrected chi connectivity index (χ1v) is 7.39. The molecule has 1 aliphatic heterocycles. The summed E-state index contributed by atoms with van der Waals surface area (Å²) < 4.78 is 26.0. The molecule has 1 unspecified atom stereocenters. The smallest absolute Gasteiger partial charge is 0.244 e. The monoisotopic (exact) mass is 294 g/mol. The summed E-state index contributed by atoms with van der Waals surface area (Å²) in [6.07, 6.45) is 2.82. The Labute approximate surface area is 119 Å². The van der Waals surface area contributed by atoms with E-state index < -0.39 is 17.7 Å². The summed E-state index contributed by atoms with van der Waals surface area (Å²) in [6.45, 7) is 0. The molecule has 1 heterocycles. The summed E-state index contributed by atoms with van der Waals surface area (Å²) >= 11 is 1.40. The van der Waals surface area contributed by atoms with Gasteiger partial charge < -0.3 is 0 Å². The zero-order chi connectivity index (χ0) is 14.1. The minimum Gasteiger partial charge on any atom is -0.244 e. The van der Waals surface area contributed by atoms with Gasteiger partial charge >= 0.3 is 6.03 Å². The van der Waals surface area contributed by atoms with Crippen LogP contribution in [-0.4, -0.2) is 16.8 Å². The standard InChI is InChI=1S/C14H12F2N2OS/c15-10-5-4-8(6-11(10)16)7-20-13-9-2-1-3-12(9)17-14(19)18-13/h4-6,9H,1-3,7H2. The Bertz CT molecular complexity index is 628. The van der Waals surface area contributed by atoms with E-state index in [0.29, 0.717) is 11.3 Å². The van der Waals surface area contributed by atoms with Gasteiger partial charge in [0.1, 0.15) is 0 Å². The molecule has 3 nitrogen and oxygen atoms in total. The fourth-order valence-corrected chi connectivity index (χ4v) is 3.56. The normalized spacial score (nSPS) is 21.5. The van der Waals surface area contributed by atoms with E-state index >= 15 is 0 Å². The molecule has 3 rings (SSSR count). The van der Waals surface area contributed by atoms with Gasteiger partial charge in [0, 0.05) is 17.4 Å². The molecule has 0 N–H and O–H groups in total. The maximum Gasteiger partial charge on any atom is 0.367 e. The lowest BCUT2D eigenvalue weighted by atomic mass is 10.1. The van der Waals surface area contributed by atoms with Crippen LogP contribution >= 0.6 is 11.8 Å². The third kappa shape index (κ3) is 2.65. The van der Waals surface area contributed by atoms with Crippen LogP contribution in [0.4, 0.5) is 13.6 Å². The van der Waals surface area contributed by atoms with E-state index in [2.05, 4.69) is 9.98 Å². The first kappa shape index (κ1) is 13.4. The van der Waals surface area contributed by atoms with Crippen LogP contribution in [0.25, 0.3) is 0 Å². The maximum absolute atomic E-state index is 13.1. The van der Waals surface area contributed by atoms with E-state index in [1.54, 1.807) is 6.07 Å². The second-order valence-electron chi connectivity index (χ2n) is 4.82. The molecular weight excluding hydrogens is 282 g/mol. The lowest BCUT2D eigenvalue weighted by molar-refractivity contribution is 0.256. The molecule has 1 aromatic carbocycles. The number of hydrogen-bond donors (Lipinski definition) is 0. The molecule has 20 heavy (non-hydrogen) atoms. The van der Waals surface area contributed by atoms with Crippen LogP contribution in [0.3, 0.4) is 0 Å². The van der Waals surface area contributed by atoms with Crippen LogP contribution < -0.4 is 0 Å². The number of rotatable bonds is 2. The Kier molecular flexibility index (Phi) is 3.65. The first-order valence-electron chi connectivity index (χ1n) is 6.40. The minimum absolute atomic E-state index is 0.142. The highest BCUT2D eigenvalue weighted by atomic mass is 32.2. The van der Waals surface area contributed by atoms with Gasteiger partial charge in [-0.05, 0) is 37.0 Å². The Morgan fingerprint density at radius 1 is 1.25 bits per heavy atom. The molecule has 1 saturated carbocycles. The molecule has 0 bridgehead atoms. The molecule has 1 fully saturated rings. The van der Waals surface area contributed by atoms with Gasteiger partial charge in [0.2, 0.25) is 0 Å². The van der Waals surface area contributed by atoms with E-state index in [-0.39, 0.29) is 5.92 Å². The van der Waals surface area contributed by atoms with Crippen molar-refractivity contribution < 1.29 is 13.6 Å². The summed E-state index contributed by atoms with van der Waals surface area (Å²) in [7, 11) is 0. The van der Waals surface area contributed by atoms with E-state index in [4.69, 9.17) is 0 Å². The molecule has 2 amide bonds. The summed E-state index contributed by atoms with van der Waals surface area (Å²) in [5, 5.41) is 0.752. The molecule has 0 radical (unpaired) electrons. The number of amides is 2. The number of thioether (sulfide) groups is 1. The minimum atomic E-state index is -0.854. The Hall–Kier alpha value is -1.56. The van der Waals surface area contributed by atoms with E-state index in [1.807, 2.05) is 0 Å². The van der Waals surface area contributed by atoms with Gasteiger partial charge in [0.05, 0.1) is 5.04 Å².